The van der Waals surface area contributed by atoms with E-state index in [0.717, 1.165) is 0 Å². The molecule has 23 heavy (non-hydrogen) atoms. The maximum atomic E-state index is 12.4. The number of alkyl carbamates (subject to hydrolysis) is 1. The van der Waals surface area contributed by atoms with Crippen LogP contribution in [0.2, 0.25) is 0 Å². The number of nitrogens with one attached hydrogen (secondary N) is 1. The monoisotopic (exact) mass is 322 g/mol. The highest BCUT2D eigenvalue weighted by molar-refractivity contribution is 5.94. The standard InChI is InChI=1S/C17H26N2O4/c1-12(11-18-16(21)23-17(2,3)4)19(5)15(20)13-7-9-14(22-6)10-8-13/h7-10,12H,11H2,1-6H3,(H,18,21). The molecule has 6 heteroatoms. The first-order chi connectivity index (χ1) is 10.6. The first-order valence-electron chi connectivity index (χ1n) is 7.52. The Morgan fingerprint density at radius 1 is 1.22 bits per heavy atom. The van der Waals surface area contributed by atoms with Gasteiger partial charge in [-0.1, -0.05) is 0 Å². The molecule has 0 aliphatic carbocycles. The predicted molar refractivity (Wildman–Crippen MR) is 88.8 cm³/mol. The summed E-state index contributed by atoms with van der Waals surface area (Å²) in [5, 5.41) is 2.67. The van der Waals surface area contributed by atoms with E-state index in [0.29, 0.717) is 17.9 Å². The number of nitrogens with zero attached hydrogens (tertiary/aromatic N) is 1. The van der Waals surface area contributed by atoms with Crippen LogP contribution in [0.15, 0.2) is 24.3 Å². The normalized spacial score (nSPS) is 12.3. The zero-order chi connectivity index (χ0) is 17.6. The van der Waals surface area contributed by atoms with Gasteiger partial charge in [0.05, 0.1) is 7.11 Å². The van der Waals surface area contributed by atoms with E-state index in [2.05, 4.69) is 5.32 Å². The van der Waals surface area contributed by atoms with Gasteiger partial charge < -0.3 is 19.7 Å². The fourth-order valence-electron chi connectivity index (χ4n) is 1.82. The lowest BCUT2D eigenvalue weighted by atomic mass is 10.1. The first kappa shape index (κ1) is 18.8. The molecule has 1 atom stereocenters. The van der Waals surface area contributed by atoms with Gasteiger partial charge in [-0.3, -0.25) is 4.79 Å². The van der Waals surface area contributed by atoms with Crippen LogP contribution >= 0.6 is 0 Å². The molecular formula is C17H26N2O4. The molecule has 0 aliphatic heterocycles. The minimum absolute atomic E-state index is 0.119. The second-order valence-corrected chi connectivity index (χ2v) is 6.38. The van der Waals surface area contributed by atoms with Gasteiger partial charge in [0, 0.05) is 25.2 Å². The van der Waals surface area contributed by atoms with Gasteiger partial charge in [0.25, 0.3) is 5.91 Å². The Morgan fingerprint density at radius 3 is 2.26 bits per heavy atom. The van der Waals surface area contributed by atoms with E-state index in [1.165, 1.54) is 0 Å². The summed E-state index contributed by atoms with van der Waals surface area (Å²) >= 11 is 0. The zero-order valence-electron chi connectivity index (χ0n) is 14.7. The van der Waals surface area contributed by atoms with Crippen molar-refractivity contribution in [2.75, 3.05) is 20.7 Å². The number of hydrogen-bond donors (Lipinski definition) is 1. The fourth-order valence-corrected chi connectivity index (χ4v) is 1.82. The number of ether oxygens (including phenoxy) is 2. The maximum absolute atomic E-state index is 12.4. The molecule has 0 fully saturated rings. The third-order valence-electron chi connectivity index (χ3n) is 3.26. The van der Waals surface area contributed by atoms with E-state index in [1.807, 2.05) is 6.92 Å². The highest BCUT2D eigenvalue weighted by Crippen LogP contribution is 2.13. The van der Waals surface area contributed by atoms with Crippen LogP contribution in [0.3, 0.4) is 0 Å². The Hall–Kier alpha value is -2.24. The lowest BCUT2D eigenvalue weighted by Crippen LogP contribution is -2.44. The molecule has 1 aromatic rings. The molecule has 1 N–H and O–H groups in total. The Labute approximate surface area is 137 Å². The molecule has 0 saturated heterocycles. The summed E-state index contributed by atoms with van der Waals surface area (Å²) in [6, 6.07) is 6.74. The molecule has 0 spiro atoms. The van der Waals surface area contributed by atoms with Crippen molar-refractivity contribution in [3.8, 4) is 5.75 Å². The first-order valence-corrected chi connectivity index (χ1v) is 7.52. The summed E-state index contributed by atoms with van der Waals surface area (Å²) in [5.74, 6) is 0.579. The highest BCUT2D eigenvalue weighted by atomic mass is 16.6. The summed E-state index contributed by atoms with van der Waals surface area (Å²) in [7, 11) is 3.28. The average Bonchev–Trinajstić information content (AvgIpc) is 2.49. The van der Waals surface area contributed by atoms with E-state index in [4.69, 9.17) is 9.47 Å². The average molecular weight is 322 g/mol. The largest absolute Gasteiger partial charge is 0.497 e. The van der Waals surface area contributed by atoms with Crippen molar-refractivity contribution in [1.29, 1.82) is 0 Å². The molecule has 0 aliphatic rings. The molecule has 0 aromatic heterocycles. The SMILES string of the molecule is COc1ccc(C(=O)N(C)C(C)CNC(=O)OC(C)(C)C)cc1. The van der Waals surface area contributed by atoms with Crippen LogP contribution in [0, 0.1) is 0 Å². The van der Waals surface area contributed by atoms with E-state index >= 15 is 0 Å². The number of carbonyl (C=O) groups is 2. The summed E-state index contributed by atoms with van der Waals surface area (Å²) in [4.78, 5) is 25.6. The zero-order valence-corrected chi connectivity index (χ0v) is 14.7. The second kappa shape index (κ2) is 7.85. The van der Waals surface area contributed by atoms with Crippen molar-refractivity contribution < 1.29 is 19.1 Å². The quantitative estimate of drug-likeness (QED) is 0.905. The molecule has 1 unspecified atom stereocenters. The number of benzene rings is 1. The molecule has 0 radical (unpaired) electrons. The van der Waals surface area contributed by atoms with Crippen LogP contribution in [0.5, 0.6) is 5.75 Å². The van der Waals surface area contributed by atoms with E-state index in [9.17, 15) is 9.59 Å². The fraction of sp³-hybridized carbons (Fsp3) is 0.529. The minimum Gasteiger partial charge on any atom is -0.497 e. The molecule has 6 nitrogen and oxygen atoms in total. The van der Waals surface area contributed by atoms with Gasteiger partial charge in [-0.05, 0) is 52.0 Å². The molecular weight excluding hydrogens is 296 g/mol. The van der Waals surface area contributed by atoms with Gasteiger partial charge in [-0.2, -0.15) is 0 Å². The molecule has 1 aromatic carbocycles. The lowest BCUT2D eigenvalue weighted by molar-refractivity contribution is 0.0501. The van der Waals surface area contributed by atoms with Gasteiger partial charge in [0.15, 0.2) is 0 Å². The maximum Gasteiger partial charge on any atom is 0.407 e. The van der Waals surface area contributed by atoms with Crippen LogP contribution in [-0.2, 0) is 4.74 Å². The number of carbonyl (C=O) groups excluding carboxylic acids is 2. The van der Waals surface area contributed by atoms with Gasteiger partial charge >= 0.3 is 6.09 Å². The summed E-state index contributed by atoms with van der Waals surface area (Å²) in [6.07, 6.45) is -0.491. The van der Waals surface area contributed by atoms with Crippen molar-refractivity contribution in [2.45, 2.75) is 39.3 Å². The van der Waals surface area contributed by atoms with Crippen molar-refractivity contribution in [3.63, 3.8) is 0 Å². The van der Waals surface area contributed by atoms with E-state index < -0.39 is 11.7 Å². The van der Waals surface area contributed by atoms with E-state index in [-0.39, 0.29) is 11.9 Å². The van der Waals surface area contributed by atoms with Crippen molar-refractivity contribution in [3.05, 3.63) is 29.8 Å². The number of amides is 2. The Kier molecular flexibility index (Phi) is 6.42. The van der Waals surface area contributed by atoms with Crippen molar-refractivity contribution in [1.82, 2.24) is 10.2 Å². The smallest absolute Gasteiger partial charge is 0.407 e. The second-order valence-electron chi connectivity index (χ2n) is 6.38. The van der Waals surface area contributed by atoms with Gasteiger partial charge in [0.2, 0.25) is 0 Å². The minimum atomic E-state index is -0.544. The molecule has 0 heterocycles. The third kappa shape index (κ3) is 6.18. The third-order valence-corrected chi connectivity index (χ3v) is 3.26. The molecule has 0 bridgehead atoms. The summed E-state index contributed by atoms with van der Waals surface area (Å²) in [5.41, 5.74) is 0.0235. The van der Waals surface area contributed by atoms with E-state index in [1.54, 1.807) is 64.1 Å². The predicted octanol–water partition coefficient (Wildman–Crippen LogP) is 2.68. The number of methoxy groups -OCH3 is 1. The Balaban J connectivity index is 2.56. The topological polar surface area (TPSA) is 67.9 Å². The van der Waals surface area contributed by atoms with Crippen LogP contribution in [0.1, 0.15) is 38.1 Å². The summed E-state index contributed by atoms with van der Waals surface area (Å²) in [6.45, 7) is 7.58. The molecule has 2 amide bonds. The van der Waals surface area contributed by atoms with Crippen molar-refractivity contribution in [2.24, 2.45) is 0 Å². The van der Waals surface area contributed by atoms with Crippen LogP contribution in [0.25, 0.3) is 0 Å². The Bertz CT molecular complexity index is 535. The number of rotatable bonds is 5. The molecule has 128 valence electrons. The molecule has 0 saturated carbocycles. The van der Waals surface area contributed by atoms with Crippen LogP contribution in [-0.4, -0.2) is 49.2 Å². The van der Waals surface area contributed by atoms with Crippen LogP contribution in [0.4, 0.5) is 4.79 Å². The number of hydrogen-bond acceptors (Lipinski definition) is 4. The van der Waals surface area contributed by atoms with Crippen LogP contribution < -0.4 is 10.1 Å². The highest BCUT2D eigenvalue weighted by Gasteiger charge is 2.20. The van der Waals surface area contributed by atoms with Crippen molar-refractivity contribution >= 4 is 12.0 Å². The van der Waals surface area contributed by atoms with Gasteiger partial charge in [0.1, 0.15) is 11.4 Å². The summed E-state index contributed by atoms with van der Waals surface area (Å²) < 4.78 is 10.2. The van der Waals surface area contributed by atoms with Gasteiger partial charge in [-0.15, -0.1) is 0 Å². The number of likely N-dealkylation sites (N-methyl/N-ethyl adjacent to an activating group) is 1. The Morgan fingerprint density at radius 2 is 1.78 bits per heavy atom. The van der Waals surface area contributed by atoms with Gasteiger partial charge in [-0.25, -0.2) is 4.79 Å². The molecule has 1 rings (SSSR count). The lowest BCUT2D eigenvalue weighted by Gasteiger charge is -2.26.